The highest BCUT2D eigenvalue weighted by atomic mass is 35.6. The van der Waals surface area contributed by atoms with Gasteiger partial charge >= 0.3 is 0 Å². The summed E-state index contributed by atoms with van der Waals surface area (Å²) in [6.45, 7) is 13.4. The first kappa shape index (κ1) is 14.6. The fourth-order valence-corrected chi connectivity index (χ4v) is 6.34. The molecule has 0 saturated heterocycles. The molecule has 0 aliphatic rings. The second kappa shape index (κ2) is 4.64. The van der Waals surface area contributed by atoms with Crippen molar-refractivity contribution in [3.05, 3.63) is 30.3 Å². The molecule has 0 amide bonds. The van der Waals surface area contributed by atoms with Gasteiger partial charge in [-0.2, -0.15) is 0 Å². The van der Waals surface area contributed by atoms with Crippen molar-refractivity contribution in [3.63, 3.8) is 0 Å². The highest BCUT2D eigenvalue weighted by molar-refractivity contribution is 6.95. The van der Waals surface area contributed by atoms with Gasteiger partial charge in [-0.3, -0.25) is 11.1 Å². The molecule has 0 unspecified atom stereocenters. The largest absolute Gasteiger partial charge is 0.417 e. The minimum atomic E-state index is -1.18. The van der Waals surface area contributed by atoms with Crippen molar-refractivity contribution in [2.75, 3.05) is 0 Å². The van der Waals surface area contributed by atoms with Crippen molar-refractivity contribution < 1.29 is 4.22 Å². The van der Waals surface area contributed by atoms with Crippen LogP contribution in [0.4, 0.5) is 0 Å². The predicted octanol–water partition coefficient (Wildman–Crippen LogP) is 3.70. The average molecular weight is 295 g/mol. The van der Waals surface area contributed by atoms with E-state index in [0.29, 0.717) is 0 Å². The molecule has 2 rings (SSSR count). The van der Waals surface area contributed by atoms with E-state index in [0.717, 1.165) is 0 Å². The maximum atomic E-state index is 6.73. The number of benzene rings is 1. The lowest BCUT2D eigenvalue weighted by atomic mass is 10.1. The third kappa shape index (κ3) is 2.58. The average Bonchev–Trinajstić information content (AvgIpc) is 2.22. The lowest BCUT2D eigenvalue weighted by Gasteiger charge is -2.46. The molecule has 0 spiro atoms. The summed E-state index contributed by atoms with van der Waals surface area (Å²) in [6, 6.07) is 10.6. The number of halogens is 1. The molecule has 2 nitrogen and oxygen atoms in total. The molecule has 0 aliphatic heterocycles. The molecule has 1 aromatic carbocycles. The SMILES string of the molecule is CC(C)(C)n1c(-c2ccccc2)[n+](C(C)(C)C)[si-]1Cl. The van der Waals surface area contributed by atoms with Gasteiger partial charge in [0.05, 0.1) is 0 Å². The van der Waals surface area contributed by atoms with Crippen molar-refractivity contribution in [3.8, 4) is 11.4 Å². The summed E-state index contributed by atoms with van der Waals surface area (Å²) >= 11 is 6.73. The third-order valence-corrected chi connectivity index (χ3v) is 6.68. The second-order valence-electron chi connectivity index (χ2n) is 6.97. The predicted molar refractivity (Wildman–Crippen MR) is 82.8 cm³/mol. The minimum Gasteiger partial charge on any atom is -0.417 e. The van der Waals surface area contributed by atoms with Crippen LogP contribution >= 0.6 is 11.1 Å². The van der Waals surface area contributed by atoms with Crippen LogP contribution in [0.1, 0.15) is 41.5 Å². The summed E-state index contributed by atoms with van der Waals surface area (Å²) in [6.07, 6.45) is 0. The van der Waals surface area contributed by atoms with Crippen LogP contribution in [-0.4, -0.2) is 12.3 Å². The van der Waals surface area contributed by atoms with Gasteiger partial charge in [-0.15, -0.1) is 0 Å². The molecule has 0 fully saturated rings. The molecular formula is C15H23ClN2Si. The van der Waals surface area contributed by atoms with Crippen molar-refractivity contribution in [1.29, 1.82) is 0 Å². The molecular weight excluding hydrogens is 272 g/mol. The summed E-state index contributed by atoms with van der Waals surface area (Å²) in [5.74, 6) is 1.27. The summed E-state index contributed by atoms with van der Waals surface area (Å²) < 4.78 is 4.78. The van der Waals surface area contributed by atoms with Gasteiger partial charge in [0.2, 0.25) is 0 Å². The minimum absolute atomic E-state index is 0.0585. The molecule has 1 aromatic heterocycles. The van der Waals surface area contributed by atoms with Crippen molar-refractivity contribution in [1.82, 2.24) is 4.22 Å². The summed E-state index contributed by atoms with van der Waals surface area (Å²) in [7, 11) is -1.18. The van der Waals surface area contributed by atoms with E-state index in [2.05, 4.69) is 80.3 Å². The number of rotatable bonds is 1. The molecule has 4 heteroatoms. The van der Waals surface area contributed by atoms with E-state index in [4.69, 9.17) is 11.1 Å². The van der Waals surface area contributed by atoms with E-state index in [9.17, 15) is 0 Å². The Hall–Kier alpha value is -0.803. The summed E-state index contributed by atoms with van der Waals surface area (Å²) in [5, 5.41) is 0. The van der Waals surface area contributed by atoms with Crippen LogP contribution < -0.4 is 4.22 Å². The number of nitrogens with zero attached hydrogens (tertiary/aromatic N) is 2. The van der Waals surface area contributed by atoms with Crippen LogP contribution in [0.5, 0.6) is 0 Å². The van der Waals surface area contributed by atoms with Crippen LogP contribution in [0.25, 0.3) is 11.4 Å². The van der Waals surface area contributed by atoms with Gasteiger partial charge in [-0.1, -0.05) is 18.2 Å². The van der Waals surface area contributed by atoms with Gasteiger partial charge in [-0.05, 0) is 53.7 Å². The smallest absolute Gasteiger partial charge is 0.182 e. The Kier molecular flexibility index (Phi) is 3.56. The van der Waals surface area contributed by atoms with Crippen LogP contribution in [0.2, 0.25) is 0 Å². The zero-order chi connectivity index (χ0) is 14.4. The monoisotopic (exact) mass is 294 g/mol. The highest BCUT2D eigenvalue weighted by Crippen LogP contribution is 2.27. The summed E-state index contributed by atoms with van der Waals surface area (Å²) in [5.41, 5.74) is 1.37. The molecule has 104 valence electrons. The maximum absolute atomic E-state index is 6.73. The molecule has 0 atom stereocenters. The Balaban J connectivity index is 2.68. The summed E-state index contributed by atoms with van der Waals surface area (Å²) in [4.78, 5) is 0. The van der Waals surface area contributed by atoms with Gasteiger partial charge in [0.1, 0.15) is 0 Å². The Morgan fingerprint density at radius 2 is 1.53 bits per heavy atom. The highest BCUT2D eigenvalue weighted by Gasteiger charge is 2.30. The Bertz CT molecular complexity index is 538. The number of aromatic nitrogens is 2. The molecule has 0 N–H and O–H groups in total. The fraction of sp³-hybridized carbons (Fsp3) is 0.533. The molecule has 0 radical (unpaired) electrons. The van der Waals surface area contributed by atoms with E-state index in [1.165, 1.54) is 11.4 Å². The van der Waals surface area contributed by atoms with Crippen molar-refractivity contribution in [2.24, 2.45) is 0 Å². The molecule has 0 bridgehead atoms. The van der Waals surface area contributed by atoms with Gasteiger partial charge < -0.3 is 8.44 Å². The van der Waals surface area contributed by atoms with Gasteiger partial charge in [0.25, 0.3) is 0 Å². The first-order valence-electron chi connectivity index (χ1n) is 6.69. The number of hydrogen-bond acceptors (Lipinski definition) is 0. The molecule has 2 aromatic rings. The quantitative estimate of drug-likeness (QED) is 0.560. The van der Waals surface area contributed by atoms with Crippen molar-refractivity contribution in [2.45, 2.75) is 52.6 Å². The molecule has 0 aliphatic carbocycles. The fourth-order valence-electron chi connectivity index (χ4n) is 2.36. The molecule has 1 heterocycles. The van der Waals surface area contributed by atoms with E-state index < -0.39 is 8.05 Å². The Morgan fingerprint density at radius 1 is 1.00 bits per heavy atom. The van der Waals surface area contributed by atoms with E-state index in [-0.39, 0.29) is 11.1 Å². The first-order chi connectivity index (χ1) is 8.64. The number of hydrogen-bond donors (Lipinski definition) is 0. The standard InChI is InChI=1S/C15H23ClN2Si/c1-14(2,3)17-13(12-10-8-7-9-11-12)18(19(17)16)15(4,5)6/h7-11H,1-6H3. The van der Waals surface area contributed by atoms with E-state index in [1.807, 2.05) is 0 Å². The maximum Gasteiger partial charge on any atom is 0.182 e. The molecule has 19 heavy (non-hydrogen) atoms. The Labute approximate surface area is 122 Å². The molecule has 0 saturated carbocycles. The zero-order valence-electron chi connectivity index (χ0n) is 12.7. The van der Waals surface area contributed by atoms with Gasteiger partial charge in [0.15, 0.2) is 13.9 Å². The van der Waals surface area contributed by atoms with Gasteiger partial charge in [0, 0.05) is 16.6 Å². The third-order valence-electron chi connectivity index (χ3n) is 3.17. The van der Waals surface area contributed by atoms with Crippen LogP contribution in [-0.2, 0) is 11.1 Å². The normalized spacial score (nSPS) is 13.0. The topological polar surface area (TPSA) is 8.81 Å². The van der Waals surface area contributed by atoms with Gasteiger partial charge in [-0.25, -0.2) is 0 Å². The second-order valence-corrected chi connectivity index (χ2v) is 9.42. The van der Waals surface area contributed by atoms with Crippen LogP contribution in [0, 0.1) is 0 Å². The van der Waals surface area contributed by atoms with E-state index >= 15 is 0 Å². The lowest BCUT2D eigenvalue weighted by molar-refractivity contribution is -0.711. The van der Waals surface area contributed by atoms with Crippen LogP contribution in [0.3, 0.4) is 0 Å². The lowest BCUT2D eigenvalue weighted by Crippen LogP contribution is -2.68. The van der Waals surface area contributed by atoms with Crippen LogP contribution in [0.15, 0.2) is 30.3 Å². The Morgan fingerprint density at radius 3 is 1.95 bits per heavy atom. The van der Waals surface area contributed by atoms with E-state index in [1.54, 1.807) is 0 Å². The first-order valence-corrected chi connectivity index (χ1v) is 9.10. The van der Waals surface area contributed by atoms with Crippen molar-refractivity contribution >= 4 is 19.1 Å². The zero-order valence-corrected chi connectivity index (χ0v) is 14.4.